The Labute approximate surface area is 190 Å². The molecular weight excluding hydrogens is 444 g/mol. The number of esters is 1. The molecule has 0 radical (unpaired) electrons. The molecule has 0 unspecified atom stereocenters. The third kappa shape index (κ3) is 6.42. The van der Waals surface area contributed by atoms with Crippen LogP contribution in [0.1, 0.15) is 56.8 Å². The number of carbonyl (C=O) groups is 1. The Hall–Kier alpha value is -1.67. The summed E-state index contributed by atoms with van der Waals surface area (Å²) >= 11 is 4.62. The van der Waals surface area contributed by atoms with Gasteiger partial charge >= 0.3 is 5.97 Å². The van der Waals surface area contributed by atoms with Crippen LogP contribution < -0.4 is 4.72 Å². The highest BCUT2D eigenvalue weighted by Crippen LogP contribution is 2.36. The molecular formula is C23H28ClF2NO3S. The minimum absolute atomic E-state index is 0.0938. The van der Waals surface area contributed by atoms with Gasteiger partial charge in [-0.2, -0.15) is 0 Å². The molecule has 2 rings (SSSR count). The minimum Gasteiger partial charge on any atom is -0.598 e. The Kier molecular flexibility index (Phi) is 8.50. The van der Waals surface area contributed by atoms with E-state index in [4.69, 9.17) is 16.3 Å². The van der Waals surface area contributed by atoms with E-state index in [1.165, 1.54) is 18.2 Å². The Balaban J connectivity index is 2.61. The number of halogens is 3. The quantitative estimate of drug-likeness (QED) is 0.400. The first-order valence-corrected chi connectivity index (χ1v) is 11.5. The molecule has 0 fully saturated rings. The van der Waals surface area contributed by atoms with Crippen LogP contribution in [-0.2, 0) is 20.9 Å². The molecule has 2 atom stereocenters. The van der Waals surface area contributed by atoms with Crippen LogP contribution in [0, 0.1) is 25.5 Å². The van der Waals surface area contributed by atoms with Gasteiger partial charge in [-0.05, 0) is 88.1 Å². The van der Waals surface area contributed by atoms with Crippen LogP contribution >= 0.6 is 11.6 Å². The van der Waals surface area contributed by atoms with Crippen LogP contribution in [0.5, 0.6) is 0 Å². The van der Waals surface area contributed by atoms with Gasteiger partial charge in [0.15, 0.2) is 0 Å². The predicted octanol–water partition coefficient (Wildman–Crippen LogP) is 5.95. The van der Waals surface area contributed by atoms with Crippen molar-refractivity contribution >= 4 is 28.9 Å². The number of aryl methyl sites for hydroxylation is 2. The molecule has 8 heteroatoms. The second-order valence-electron chi connectivity index (χ2n) is 8.34. The topological polar surface area (TPSA) is 61.4 Å². The highest BCUT2D eigenvalue weighted by Gasteiger charge is 2.33. The average Bonchev–Trinajstić information content (AvgIpc) is 2.62. The van der Waals surface area contributed by atoms with E-state index in [0.29, 0.717) is 16.7 Å². The van der Waals surface area contributed by atoms with E-state index in [2.05, 4.69) is 4.72 Å². The summed E-state index contributed by atoms with van der Waals surface area (Å²) in [4.78, 5) is 12.2. The molecule has 0 amide bonds. The molecule has 0 saturated heterocycles. The summed E-state index contributed by atoms with van der Waals surface area (Å²) < 4.78 is 48.9. The zero-order chi connectivity index (χ0) is 23.5. The molecule has 4 nitrogen and oxygen atoms in total. The third-order valence-corrected chi connectivity index (χ3v) is 6.59. The van der Waals surface area contributed by atoms with Gasteiger partial charge < -0.3 is 9.29 Å². The zero-order valence-electron chi connectivity index (χ0n) is 18.6. The maximum absolute atomic E-state index is 15.1. The monoisotopic (exact) mass is 471 g/mol. The molecule has 0 saturated carbocycles. The highest BCUT2D eigenvalue weighted by atomic mass is 35.5. The fraction of sp³-hybridized carbons (Fsp3) is 0.435. The van der Waals surface area contributed by atoms with Crippen molar-refractivity contribution in [3.05, 3.63) is 57.6 Å². The summed E-state index contributed by atoms with van der Waals surface area (Å²) in [5.74, 6) is -1.63. The first kappa shape index (κ1) is 25.6. The highest BCUT2D eigenvalue weighted by molar-refractivity contribution is 7.90. The van der Waals surface area contributed by atoms with Crippen molar-refractivity contribution in [1.82, 2.24) is 4.72 Å². The van der Waals surface area contributed by atoms with Crippen molar-refractivity contribution in [2.75, 3.05) is 6.61 Å². The Morgan fingerprint density at radius 2 is 1.77 bits per heavy atom. The molecule has 1 N–H and O–H groups in total. The summed E-state index contributed by atoms with van der Waals surface area (Å²) in [6.07, 6.45) is -0.228. The predicted molar refractivity (Wildman–Crippen MR) is 121 cm³/mol. The van der Waals surface area contributed by atoms with Gasteiger partial charge in [0.25, 0.3) is 0 Å². The summed E-state index contributed by atoms with van der Waals surface area (Å²) in [7, 11) is 0. The maximum Gasteiger partial charge on any atom is 0.307 e. The summed E-state index contributed by atoms with van der Waals surface area (Å²) in [6, 6.07) is 4.88. The smallest absolute Gasteiger partial charge is 0.307 e. The molecule has 0 spiro atoms. The number of ether oxygens (including phenoxy) is 1. The molecule has 0 aliphatic carbocycles. The Bertz CT molecular complexity index is 940. The standard InChI is InChI=1S/C23H28ClF2NO3S/c1-7-30-20(28)12-19(27-31(29)23(4,5)6)17-10-15(11-18(24)22(17)26)21-13(2)8-16(25)9-14(21)3/h8-11,19,27H,7,12H2,1-6H3/t19-,31+/m0/s1. The van der Waals surface area contributed by atoms with Gasteiger partial charge in [-0.25, -0.2) is 8.78 Å². The van der Waals surface area contributed by atoms with Gasteiger partial charge in [0.1, 0.15) is 16.4 Å². The Morgan fingerprint density at radius 1 is 1.19 bits per heavy atom. The number of nitrogens with one attached hydrogen (secondary N) is 1. The Morgan fingerprint density at radius 3 is 2.29 bits per heavy atom. The summed E-state index contributed by atoms with van der Waals surface area (Å²) in [5, 5.41) is -0.146. The van der Waals surface area contributed by atoms with Gasteiger partial charge in [-0.3, -0.25) is 4.79 Å². The van der Waals surface area contributed by atoms with Gasteiger partial charge in [-0.15, -0.1) is 4.72 Å². The lowest BCUT2D eigenvalue weighted by atomic mass is 9.92. The van der Waals surface area contributed by atoms with Gasteiger partial charge in [0.05, 0.1) is 24.1 Å². The van der Waals surface area contributed by atoms with E-state index < -0.39 is 33.9 Å². The van der Waals surface area contributed by atoms with Gasteiger partial charge in [-0.1, -0.05) is 11.6 Å². The number of hydrogen-bond acceptors (Lipinski definition) is 4. The van der Waals surface area contributed by atoms with Crippen molar-refractivity contribution < 1.29 is 22.9 Å². The van der Waals surface area contributed by atoms with Crippen molar-refractivity contribution in [1.29, 1.82) is 0 Å². The van der Waals surface area contributed by atoms with Crippen LogP contribution in [0.3, 0.4) is 0 Å². The van der Waals surface area contributed by atoms with Crippen LogP contribution in [0.25, 0.3) is 11.1 Å². The second-order valence-corrected chi connectivity index (χ2v) is 10.7. The third-order valence-electron chi connectivity index (χ3n) is 4.70. The lowest BCUT2D eigenvalue weighted by Gasteiger charge is -2.28. The van der Waals surface area contributed by atoms with Crippen molar-refractivity contribution in [2.45, 2.75) is 58.8 Å². The van der Waals surface area contributed by atoms with Crippen molar-refractivity contribution in [3.8, 4) is 11.1 Å². The molecule has 0 heterocycles. The summed E-state index contributed by atoms with van der Waals surface area (Å²) in [6.45, 7) is 10.7. The maximum atomic E-state index is 15.1. The van der Waals surface area contributed by atoms with Gasteiger partial charge in [0, 0.05) is 16.9 Å². The fourth-order valence-electron chi connectivity index (χ4n) is 3.28. The normalized spacial score (nSPS) is 13.7. The first-order valence-electron chi connectivity index (χ1n) is 9.94. The first-order chi connectivity index (χ1) is 14.3. The summed E-state index contributed by atoms with van der Waals surface area (Å²) in [5.41, 5.74) is 2.72. The van der Waals surface area contributed by atoms with E-state index in [1.807, 2.05) is 0 Å². The van der Waals surface area contributed by atoms with Crippen molar-refractivity contribution in [3.63, 3.8) is 0 Å². The van der Waals surface area contributed by atoms with E-state index >= 15 is 4.39 Å². The SMILES string of the molecule is CCOC(=O)C[C@H](N[S@+]([O-])C(C)(C)C)c1cc(-c2c(C)cc(F)cc2C)cc(Cl)c1F. The fourth-order valence-corrected chi connectivity index (χ4v) is 4.33. The second kappa shape index (κ2) is 10.3. The number of rotatable bonds is 7. The number of hydrogen-bond donors (Lipinski definition) is 1. The van der Waals surface area contributed by atoms with E-state index in [-0.39, 0.29) is 29.4 Å². The molecule has 2 aromatic rings. The molecule has 2 aromatic carbocycles. The van der Waals surface area contributed by atoms with Crippen LogP contribution in [0.15, 0.2) is 24.3 Å². The molecule has 0 aliphatic heterocycles. The molecule has 0 aromatic heterocycles. The van der Waals surface area contributed by atoms with E-state index in [0.717, 1.165) is 5.56 Å². The van der Waals surface area contributed by atoms with E-state index in [9.17, 15) is 13.7 Å². The van der Waals surface area contributed by atoms with Crippen LogP contribution in [0.4, 0.5) is 8.78 Å². The lowest BCUT2D eigenvalue weighted by Crippen LogP contribution is -2.42. The van der Waals surface area contributed by atoms with Gasteiger partial charge in [0.2, 0.25) is 0 Å². The zero-order valence-corrected chi connectivity index (χ0v) is 20.1. The number of carbonyl (C=O) groups excluding carboxylic acids is 1. The lowest BCUT2D eigenvalue weighted by molar-refractivity contribution is -0.143. The molecule has 31 heavy (non-hydrogen) atoms. The minimum atomic E-state index is -1.58. The largest absolute Gasteiger partial charge is 0.598 e. The van der Waals surface area contributed by atoms with Crippen molar-refractivity contribution in [2.24, 2.45) is 0 Å². The molecule has 170 valence electrons. The number of benzene rings is 2. The molecule has 0 aliphatic rings. The van der Waals surface area contributed by atoms with Crippen LogP contribution in [0.2, 0.25) is 5.02 Å². The van der Waals surface area contributed by atoms with Crippen LogP contribution in [-0.4, -0.2) is 21.9 Å². The van der Waals surface area contributed by atoms with E-state index in [1.54, 1.807) is 47.6 Å². The average molecular weight is 472 g/mol. The molecule has 0 bridgehead atoms.